The van der Waals surface area contributed by atoms with Gasteiger partial charge >= 0.3 is 0 Å². The summed E-state index contributed by atoms with van der Waals surface area (Å²) in [5, 5.41) is 6.93. The summed E-state index contributed by atoms with van der Waals surface area (Å²) in [5.74, 6) is 0. The van der Waals surface area contributed by atoms with Gasteiger partial charge in [-0.15, -0.1) is 0 Å². The van der Waals surface area contributed by atoms with Gasteiger partial charge in [-0.25, -0.2) is 0 Å². The molecule has 0 spiro atoms. The highest BCUT2D eigenvalue weighted by atomic mass is 15.1. The second-order valence-electron chi connectivity index (χ2n) is 3.98. The second kappa shape index (κ2) is 5.94. The standard InChI is InChI=1S/C15H18N2/c1-2-15(16-13-9-5-3-6-10-13)17-14-11-7-4-8-12-14/h3-12,15-17H,2H2,1H3. The van der Waals surface area contributed by atoms with Crippen molar-refractivity contribution in [1.29, 1.82) is 0 Å². The topological polar surface area (TPSA) is 24.1 Å². The maximum atomic E-state index is 3.47. The Morgan fingerprint density at radius 3 is 1.53 bits per heavy atom. The van der Waals surface area contributed by atoms with E-state index in [1.807, 2.05) is 36.4 Å². The van der Waals surface area contributed by atoms with E-state index in [0.717, 1.165) is 17.8 Å². The SMILES string of the molecule is CCC(Nc1ccccc1)Nc1ccccc1. The predicted octanol–water partition coefficient (Wildman–Crippen LogP) is 3.95. The second-order valence-corrected chi connectivity index (χ2v) is 3.98. The van der Waals surface area contributed by atoms with Gasteiger partial charge in [0.2, 0.25) is 0 Å². The fraction of sp³-hybridized carbons (Fsp3) is 0.200. The lowest BCUT2D eigenvalue weighted by atomic mass is 10.2. The summed E-state index contributed by atoms with van der Waals surface area (Å²) in [6.07, 6.45) is 1.27. The van der Waals surface area contributed by atoms with Crippen LogP contribution in [0.5, 0.6) is 0 Å². The molecule has 2 aromatic carbocycles. The number of benzene rings is 2. The largest absolute Gasteiger partial charge is 0.365 e. The number of anilines is 2. The Kier molecular flexibility index (Phi) is 4.03. The first kappa shape index (κ1) is 11.5. The van der Waals surface area contributed by atoms with Gasteiger partial charge in [-0.05, 0) is 30.7 Å². The average molecular weight is 226 g/mol. The third-order valence-electron chi connectivity index (χ3n) is 2.64. The van der Waals surface area contributed by atoms with Crippen molar-refractivity contribution in [2.75, 3.05) is 10.6 Å². The van der Waals surface area contributed by atoms with Crippen molar-refractivity contribution in [3.05, 3.63) is 60.7 Å². The summed E-state index contributed by atoms with van der Waals surface area (Å²) in [5.41, 5.74) is 2.28. The number of hydrogen-bond acceptors (Lipinski definition) is 2. The molecule has 2 N–H and O–H groups in total. The van der Waals surface area contributed by atoms with Crippen molar-refractivity contribution in [3.8, 4) is 0 Å². The zero-order chi connectivity index (χ0) is 11.9. The highest BCUT2D eigenvalue weighted by Crippen LogP contribution is 2.12. The minimum atomic E-state index is 0.250. The van der Waals surface area contributed by atoms with Gasteiger partial charge in [-0.2, -0.15) is 0 Å². The minimum Gasteiger partial charge on any atom is -0.365 e. The molecule has 2 nitrogen and oxygen atoms in total. The van der Waals surface area contributed by atoms with E-state index in [1.165, 1.54) is 0 Å². The third-order valence-corrected chi connectivity index (χ3v) is 2.64. The lowest BCUT2D eigenvalue weighted by Gasteiger charge is -2.21. The first-order chi connectivity index (χ1) is 8.38. The molecule has 0 radical (unpaired) electrons. The van der Waals surface area contributed by atoms with Crippen molar-refractivity contribution < 1.29 is 0 Å². The molecule has 0 aliphatic carbocycles. The molecule has 0 saturated heterocycles. The highest BCUT2D eigenvalue weighted by molar-refractivity contribution is 5.48. The first-order valence-corrected chi connectivity index (χ1v) is 6.01. The van der Waals surface area contributed by atoms with Gasteiger partial charge in [0.15, 0.2) is 0 Å². The molecule has 88 valence electrons. The van der Waals surface area contributed by atoms with Crippen LogP contribution in [-0.2, 0) is 0 Å². The summed E-state index contributed by atoms with van der Waals surface area (Å²) in [4.78, 5) is 0. The average Bonchev–Trinajstić information content (AvgIpc) is 2.40. The zero-order valence-corrected chi connectivity index (χ0v) is 10.1. The van der Waals surface area contributed by atoms with Gasteiger partial charge in [0.25, 0.3) is 0 Å². The Balaban J connectivity index is 1.98. The molecule has 2 aromatic rings. The van der Waals surface area contributed by atoms with E-state index in [4.69, 9.17) is 0 Å². The molecule has 2 heteroatoms. The van der Waals surface area contributed by atoms with Crippen molar-refractivity contribution >= 4 is 11.4 Å². The molecule has 2 rings (SSSR count). The van der Waals surface area contributed by atoms with Crippen molar-refractivity contribution in [2.24, 2.45) is 0 Å². The Morgan fingerprint density at radius 1 is 0.765 bits per heavy atom. The van der Waals surface area contributed by atoms with E-state index in [1.54, 1.807) is 0 Å². The number of nitrogens with one attached hydrogen (secondary N) is 2. The van der Waals surface area contributed by atoms with Crippen LogP contribution < -0.4 is 10.6 Å². The van der Waals surface area contributed by atoms with Crippen molar-refractivity contribution in [3.63, 3.8) is 0 Å². The Hall–Kier alpha value is -1.96. The molecule has 0 bridgehead atoms. The zero-order valence-electron chi connectivity index (χ0n) is 10.1. The summed E-state index contributed by atoms with van der Waals surface area (Å²) in [6.45, 7) is 2.16. The first-order valence-electron chi connectivity index (χ1n) is 6.01. The normalized spacial score (nSPS) is 10.2. The number of para-hydroxylation sites is 2. The maximum absolute atomic E-state index is 3.47. The van der Waals surface area contributed by atoms with Crippen LogP contribution in [0.4, 0.5) is 11.4 Å². The number of rotatable bonds is 5. The molecule has 0 amide bonds. The van der Waals surface area contributed by atoms with Crippen LogP contribution in [0.3, 0.4) is 0 Å². The van der Waals surface area contributed by atoms with E-state index < -0.39 is 0 Å². The Labute approximate surface area is 103 Å². The lowest BCUT2D eigenvalue weighted by molar-refractivity contribution is 0.779. The quantitative estimate of drug-likeness (QED) is 0.754. The van der Waals surface area contributed by atoms with E-state index >= 15 is 0 Å². The van der Waals surface area contributed by atoms with Crippen LogP contribution in [-0.4, -0.2) is 6.17 Å². The van der Waals surface area contributed by atoms with Gasteiger partial charge in [0, 0.05) is 11.4 Å². The fourth-order valence-corrected chi connectivity index (χ4v) is 1.71. The molecular formula is C15H18N2. The smallest absolute Gasteiger partial charge is 0.0960 e. The van der Waals surface area contributed by atoms with Crippen molar-refractivity contribution in [1.82, 2.24) is 0 Å². The molecular weight excluding hydrogens is 208 g/mol. The highest BCUT2D eigenvalue weighted by Gasteiger charge is 2.04. The van der Waals surface area contributed by atoms with Crippen LogP contribution in [0.15, 0.2) is 60.7 Å². The van der Waals surface area contributed by atoms with Gasteiger partial charge in [0.1, 0.15) is 0 Å². The molecule has 0 aromatic heterocycles. The van der Waals surface area contributed by atoms with Gasteiger partial charge in [-0.1, -0.05) is 43.3 Å². The van der Waals surface area contributed by atoms with Crippen LogP contribution in [0, 0.1) is 0 Å². The van der Waals surface area contributed by atoms with Gasteiger partial charge in [0.05, 0.1) is 6.17 Å². The van der Waals surface area contributed by atoms with Crippen LogP contribution in [0.25, 0.3) is 0 Å². The third kappa shape index (κ3) is 3.52. The molecule has 0 aliphatic rings. The molecule has 0 aliphatic heterocycles. The number of hydrogen-bond donors (Lipinski definition) is 2. The van der Waals surface area contributed by atoms with Gasteiger partial charge in [-0.3, -0.25) is 0 Å². The van der Waals surface area contributed by atoms with Crippen LogP contribution in [0.2, 0.25) is 0 Å². The monoisotopic (exact) mass is 226 g/mol. The van der Waals surface area contributed by atoms with Gasteiger partial charge < -0.3 is 10.6 Å². The van der Waals surface area contributed by atoms with E-state index in [9.17, 15) is 0 Å². The van der Waals surface area contributed by atoms with Crippen LogP contribution in [0.1, 0.15) is 13.3 Å². The van der Waals surface area contributed by atoms with E-state index in [-0.39, 0.29) is 6.17 Å². The predicted molar refractivity (Wildman–Crippen MR) is 74.2 cm³/mol. The molecule has 0 fully saturated rings. The lowest BCUT2D eigenvalue weighted by Crippen LogP contribution is -2.27. The Morgan fingerprint density at radius 2 is 1.18 bits per heavy atom. The maximum Gasteiger partial charge on any atom is 0.0960 e. The van der Waals surface area contributed by atoms with Crippen molar-refractivity contribution in [2.45, 2.75) is 19.5 Å². The van der Waals surface area contributed by atoms with Crippen LogP contribution >= 0.6 is 0 Å². The fourth-order valence-electron chi connectivity index (χ4n) is 1.71. The Bertz CT molecular complexity index is 384. The summed E-state index contributed by atoms with van der Waals surface area (Å²) < 4.78 is 0. The minimum absolute atomic E-state index is 0.250. The summed E-state index contributed by atoms with van der Waals surface area (Å²) in [7, 11) is 0. The summed E-state index contributed by atoms with van der Waals surface area (Å²) in [6, 6.07) is 20.5. The summed E-state index contributed by atoms with van der Waals surface area (Å²) >= 11 is 0. The molecule has 0 heterocycles. The molecule has 0 unspecified atom stereocenters. The molecule has 0 atom stereocenters. The van der Waals surface area contributed by atoms with E-state index in [0.29, 0.717) is 0 Å². The molecule has 17 heavy (non-hydrogen) atoms. The van der Waals surface area contributed by atoms with E-state index in [2.05, 4.69) is 41.8 Å². The molecule has 0 saturated carbocycles.